The van der Waals surface area contributed by atoms with Crippen molar-refractivity contribution in [2.45, 2.75) is 70.4 Å². The first-order chi connectivity index (χ1) is 17.1. The van der Waals surface area contributed by atoms with Crippen LogP contribution in [0.3, 0.4) is 0 Å². The molecule has 0 saturated carbocycles. The molecule has 0 aliphatic carbocycles. The first-order valence-corrected chi connectivity index (χ1v) is 12.8. The molecule has 196 valence electrons. The van der Waals surface area contributed by atoms with Crippen LogP contribution in [0.15, 0.2) is 43.0 Å². The number of amides is 2. The number of benzene rings is 1. The number of nitrogens with zero attached hydrogens (tertiary/aromatic N) is 2. The van der Waals surface area contributed by atoms with E-state index in [9.17, 15) is 19.5 Å². The fourth-order valence-corrected chi connectivity index (χ4v) is 6.76. The van der Waals surface area contributed by atoms with Gasteiger partial charge in [0.05, 0.1) is 30.8 Å². The second-order valence-electron chi connectivity index (χ2n) is 10.7. The lowest BCUT2D eigenvalue weighted by Gasteiger charge is -2.40. The van der Waals surface area contributed by atoms with Crippen molar-refractivity contribution in [2.75, 3.05) is 19.8 Å². The monoisotopic (exact) mass is 498 g/mol. The fraction of sp³-hybridized carbons (Fsp3) is 0.607. The Hall–Kier alpha value is -2.71. The van der Waals surface area contributed by atoms with Crippen LogP contribution in [0.1, 0.15) is 52.6 Å². The second-order valence-corrected chi connectivity index (χ2v) is 10.7. The molecule has 8 nitrogen and oxygen atoms in total. The zero-order valence-corrected chi connectivity index (χ0v) is 21.8. The van der Waals surface area contributed by atoms with Gasteiger partial charge in [-0.25, -0.2) is 0 Å². The number of ether oxygens (including phenoxy) is 2. The van der Waals surface area contributed by atoms with Crippen LogP contribution < -0.4 is 0 Å². The predicted octanol–water partition coefficient (Wildman–Crippen LogP) is 2.72. The molecule has 3 aliphatic heterocycles. The van der Waals surface area contributed by atoms with Crippen molar-refractivity contribution >= 4 is 17.8 Å². The van der Waals surface area contributed by atoms with Crippen LogP contribution in [-0.2, 0) is 23.9 Å². The highest BCUT2D eigenvalue weighted by molar-refractivity contribution is 5.99. The number of fused-ring (bicyclic) bond motifs is 1. The molecule has 3 saturated heterocycles. The van der Waals surface area contributed by atoms with Gasteiger partial charge in [-0.3, -0.25) is 14.4 Å². The van der Waals surface area contributed by atoms with Gasteiger partial charge in [0, 0.05) is 12.6 Å². The summed E-state index contributed by atoms with van der Waals surface area (Å²) in [5.41, 5.74) is -1.42. The lowest BCUT2D eigenvalue weighted by Crippen LogP contribution is -2.58. The van der Waals surface area contributed by atoms with Crippen LogP contribution in [0.4, 0.5) is 0 Å². The lowest BCUT2D eigenvalue weighted by molar-refractivity contribution is -0.163. The predicted molar refractivity (Wildman–Crippen MR) is 134 cm³/mol. The molecule has 3 heterocycles. The van der Waals surface area contributed by atoms with E-state index in [4.69, 9.17) is 9.47 Å². The summed E-state index contributed by atoms with van der Waals surface area (Å²) in [5.74, 6) is -2.89. The van der Waals surface area contributed by atoms with E-state index >= 15 is 0 Å². The van der Waals surface area contributed by atoms with E-state index in [1.807, 2.05) is 58.0 Å². The Bertz CT molecular complexity index is 1030. The molecule has 3 aliphatic rings. The maximum absolute atomic E-state index is 14.3. The van der Waals surface area contributed by atoms with Gasteiger partial charge < -0.3 is 24.4 Å². The number of aliphatic hydroxyl groups excluding tert-OH is 1. The molecule has 36 heavy (non-hydrogen) atoms. The van der Waals surface area contributed by atoms with Crippen molar-refractivity contribution in [1.82, 2.24) is 9.80 Å². The van der Waals surface area contributed by atoms with Gasteiger partial charge in [-0.05, 0) is 45.6 Å². The van der Waals surface area contributed by atoms with Gasteiger partial charge in [-0.1, -0.05) is 43.3 Å². The van der Waals surface area contributed by atoms with Crippen LogP contribution in [0.5, 0.6) is 0 Å². The third-order valence-electron chi connectivity index (χ3n) is 8.45. The minimum Gasteiger partial charge on any atom is -0.466 e. The maximum atomic E-state index is 14.3. The second kappa shape index (κ2) is 9.63. The fourth-order valence-electron chi connectivity index (χ4n) is 6.76. The number of esters is 1. The van der Waals surface area contributed by atoms with Crippen molar-refractivity contribution in [3.8, 4) is 0 Å². The zero-order valence-electron chi connectivity index (χ0n) is 21.8. The molecular formula is C28H38N2O6. The molecule has 7 atom stereocenters. The first-order valence-electron chi connectivity index (χ1n) is 12.8. The molecule has 0 radical (unpaired) electrons. The molecular weight excluding hydrogens is 460 g/mol. The summed E-state index contributed by atoms with van der Waals surface area (Å²) >= 11 is 0. The maximum Gasteiger partial charge on any atom is 0.312 e. The number of rotatable bonds is 9. The van der Waals surface area contributed by atoms with Crippen LogP contribution in [0, 0.1) is 17.8 Å². The van der Waals surface area contributed by atoms with Gasteiger partial charge >= 0.3 is 5.97 Å². The number of hydrogen-bond acceptors (Lipinski definition) is 6. The molecule has 2 amide bonds. The SMILES string of the molecule is C=CCN(C(=O)C1N([C@H](CO)c2ccccc2)C(=O)[C@@H]2[C@@H](C(=O)OCC)[C@]3(C)OC12CC3C)C(C)C. The minimum absolute atomic E-state index is 0.0811. The molecule has 1 aromatic rings. The summed E-state index contributed by atoms with van der Waals surface area (Å²) in [5, 5.41) is 10.5. The summed E-state index contributed by atoms with van der Waals surface area (Å²) < 4.78 is 12.1. The molecule has 1 spiro atoms. The van der Waals surface area contributed by atoms with Crippen molar-refractivity contribution in [2.24, 2.45) is 17.8 Å². The summed E-state index contributed by atoms with van der Waals surface area (Å²) in [7, 11) is 0. The van der Waals surface area contributed by atoms with Gasteiger partial charge in [-0.2, -0.15) is 0 Å². The Morgan fingerprint density at radius 3 is 2.56 bits per heavy atom. The number of hydrogen-bond donors (Lipinski definition) is 1. The highest BCUT2D eigenvalue weighted by Gasteiger charge is 2.80. The average Bonchev–Trinajstić information content (AvgIpc) is 3.35. The third kappa shape index (κ3) is 3.68. The van der Waals surface area contributed by atoms with Crippen LogP contribution in [0.2, 0.25) is 0 Å². The largest absolute Gasteiger partial charge is 0.466 e. The van der Waals surface area contributed by atoms with E-state index in [1.165, 1.54) is 4.90 Å². The van der Waals surface area contributed by atoms with Crippen LogP contribution >= 0.6 is 0 Å². The highest BCUT2D eigenvalue weighted by atomic mass is 16.6. The van der Waals surface area contributed by atoms with E-state index in [0.29, 0.717) is 18.5 Å². The van der Waals surface area contributed by atoms with Gasteiger partial charge in [-0.15, -0.1) is 6.58 Å². The summed E-state index contributed by atoms with van der Waals surface area (Å²) in [6, 6.07) is 7.26. The Kier molecular flexibility index (Phi) is 7.05. The first kappa shape index (κ1) is 26.4. The molecule has 3 fully saturated rings. The number of carbonyl (C=O) groups is 3. The smallest absolute Gasteiger partial charge is 0.312 e. The third-order valence-corrected chi connectivity index (χ3v) is 8.45. The van der Waals surface area contributed by atoms with E-state index in [2.05, 4.69) is 6.58 Å². The Morgan fingerprint density at radius 2 is 2.00 bits per heavy atom. The van der Waals surface area contributed by atoms with Crippen LogP contribution in [0.25, 0.3) is 0 Å². The van der Waals surface area contributed by atoms with E-state index in [1.54, 1.807) is 17.9 Å². The summed E-state index contributed by atoms with van der Waals surface area (Å²) in [6.07, 6.45) is 2.11. The summed E-state index contributed by atoms with van der Waals surface area (Å²) in [4.78, 5) is 45.1. The molecule has 1 aromatic carbocycles. The normalized spacial score (nSPS) is 33.5. The van der Waals surface area contributed by atoms with E-state index < -0.39 is 41.1 Å². The number of carbonyl (C=O) groups excluding carboxylic acids is 3. The van der Waals surface area contributed by atoms with Crippen molar-refractivity contribution in [3.63, 3.8) is 0 Å². The van der Waals surface area contributed by atoms with Crippen molar-refractivity contribution in [1.29, 1.82) is 0 Å². The number of aliphatic hydroxyl groups is 1. The zero-order chi connectivity index (χ0) is 26.4. The molecule has 8 heteroatoms. The summed E-state index contributed by atoms with van der Waals surface area (Å²) in [6.45, 7) is 13.3. The number of likely N-dealkylation sites (tertiary alicyclic amines) is 1. The minimum atomic E-state index is -1.20. The lowest BCUT2D eigenvalue weighted by atomic mass is 9.62. The molecule has 3 unspecified atom stereocenters. The van der Waals surface area contributed by atoms with E-state index in [-0.39, 0.29) is 37.0 Å². The van der Waals surface area contributed by atoms with Crippen molar-refractivity contribution in [3.05, 3.63) is 48.6 Å². The highest BCUT2D eigenvalue weighted by Crippen LogP contribution is 2.66. The van der Waals surface area contributed by atoms with Crippen LogP contribution in [-0.4, -0.2) is 75.7 Å². The van der Waals surface area contributed by atoms with Gasteiger partial charge in [0.15, 0.2) is 0 Å². The molecule has 0 aromatic heterocycles. The van der Waals surface area contributed by atoms with Crippen molar-refractivity contribution < 1.29 is 29.0 Å². The van der Waals surface area contributed by atoms with Gasteiger partial charge in [0.2, 0.25) is 11.8 Å². The molecule has 2 bridgehead atoms. The average molecular weight is 499 g/mol. The Morgan fingerprint density at radius 1 is 1.33 bits per heavy atom. The molecule has 4 rings (SSSR count). The quantitative estimate of drug-likeness (QED) is 0.416. The topological polar surface area (TPSA) is 96.4 Å². The van der Waals surface area contributed by atoms with E-state index in [0.717, 1.165) is 0 Å². The Balaban J connectivity index is 1.90. The molecule has 1 N–H and O–H groups in total. The van der Waals surface area contributed by atoms with Gasteiger partial charge in [0.25, 0.3) is 0 Å². The standard InChI is InChI=1S/C28H38N2O6/c1-7-14-29(17(3)4)25(33)23-28-15-18(5)27(6,36-28)22(26(34)35-8-2)21(28)24(32)30(23)20(16-31)19-12-10-9-11-13-19/h7,9-13,17-18,20-23,31H,1,8,14-16H2,2-6H3/t18?,20-,21+,22+,23?,27-,28?/m1/s1. The Labute approximate surface area is 213 Å². The van der Waals surface area contributed by atoms with Gasteiger partial charge in [0.1, 0.15) is 17.6 Å².